The summed E-state index contributed by atoms with van der Waals surface area (Å²) in [6.45, 7) is 2.52. The molecule has 0 aliphatic carbocycles. The van der Waals surface area contributed by atoms with Crippen LogP contribution in [0.25, 0.3) is 0 Å². The smallest absolute Gasteiger partial charge is 0.311 e. The van der Waals surface area contributed by atoms with E-state index in [1.165, 1.54) is 0 Å². The Labute approximate surface area is 435 Å². The average molecular weight is 1250 g/mol. The lowest BCUT2D eigenvalue weighted by atomic mass is 10.7. The Hall–Kier alpha value is 1.27. The average Bonchev–Trinajstić information content (AvgIpc) is 3.14. The van der Waals surface area contributed by atoms with Gasteiger partial charge in [-0.3, -0.25) is 32.3 Å². The largest absolute Gasteiger partial charge is 0.406 e. The summed E-state index contributed by atoms with van der Waals surface area (Å²) in [5.41, 5.74) is 5.80. The first-order valence-corrected chi connectivity index (χ1v) is 47.0. The van der Waals surface area contributed by atoms with Crippen molar-refractivity contribution in [1.29, 1.82) is 15.8 Å². The minimum Gasteiger partial charge on any atom is -0.311 e. The molecule has 0 aromatic heterocycles. The van der Waals surface area contributed by atoms with Gasteiger partial charge in [0, 0.05) is 98.7 Å². The molecule has 3 fully saturated rings. The van der Waals surface area contributed by atoms with Crippen LogP contribution in [0.5, 0.6) is 0 Å². The van der Waals surface area contributed by atoms with E-state index in [0.717, 1.165) is 0 Å². The number of rotatable bonds is 12. The van der Waals surface area contributed by atoms with E-state index in [4.69, 9.17) is 138 Å². The minimum absolute atomic E-state index is 0. The highest BCUT2D eigenvalue weighted by molar-refractivity contribution is 7.62. The standard InChI is InChI=1S/C9H18Cl6N6Si3.C9H21Cl3N6Si3.C4H6Cl2N6Si3.3CH4/c1-16-4-7-19-22(10,11)20(8-5-17-2)24(14,15)21(9-6-18-3)23(19,12)13;1-13-4-7-19(10)16-20(11,8-5-14-2)18-21(12,17-19)9-6-15-3;1-13(2-7)10-14(5,3-8)12-15(6,4-9)11-13;;;/h4-6H,7-9H2,1-3H3;4-6,16-18H,7-9H2,1-3H3;10-12H,1H3;3*1H4. The Bertz CT molecular complexity index is 1530. The molecule has 18 nitrogen and oxygen atoms in total. The second kappa shape index (κ2) is 29.5. The normalized spacial score (nSPS) is 33.0. The van der Waals surface area contributed by atoms with Crippen LogP contribution in [0.15, 0.2) is 30.0 Å². The van der Waals surface area contributed by atoms with Gasteiger partial charge in [0.15, 0.2) is 0 Å². The predicted octanol–water partition coefficient (Wildman–Crippen LogP) is 5.44. The van der Waals surface area contributed by atoms with E-state index in [0.29, 0.717) is 37.8 Å². The fourth-order valence-electron chi connectivity index (χ4n) is 5.25. The highest BCUT2D eigenvalue weighted by Gasteiger charge is 2.71. The summed E-state index contributed by atoms with van der Waals surface area (Å²) < 4.78 is 23.6. The highest BCUT2D eigenvalue weighted by atomic mass is 35.7. The van der Waals surface area contributed by atoms with Gasteiger partial charge in [-0.05, 0) is 25.2 Å². The van der Waals surface area contributed by atoms with Crippen LogP contribution in [0.3, 0.4) is 0 Å². The number of nitrogens with one attached hydrogen (secondary N) is 6. The molecule has 2 unspecified atom stereocenters. The van der Waals surface area contributed by atoms with Gasteiger partial charge in [0.05, 0.1) is 17.1 Å². The molecule has 3 aliphatic rings. The zero-order valence-corrected chi connectivity index (χ0v) is 50.5. The molecule has 38 heteroatoms. The van der Waals surface area contributed by atoms with Crippen molar-refractivity contribution < 1.29 is 0 Å². The second-order valence-electron chi connectivity index (χ2n) is 12.5. The molecule has 3 rings (SSSR count). The molecule has 0 saturated carbocycles. The van der Waals surface area contributed by atoms with Crippen molar-refractivity contribution in [1.82, 2.24) is 40.6 Å². The maximum Gasteiger partial charge on any atom is 0.406 e. The lowest BCUT2D eigenvalue weighted by Crippen LogP contribution is -2.88. The first kappa shape index (κ1) is 68.5. The van der Waals surface area contributed by atoms with Crippen molar-refractivity contribution in [2.75, 3.05) is 61.9 Å². The third-order valence-corrected chi connectivity index (χ3v) is 63.9. The third-order valence-electron chi connectivity index (χ3n) is 7.86. The van der Waals surface area contributed by atoms with Crippen molar-refractivity contribution in [3.05, 3.63) is 0 Å². The predicted molar refractivity (Wildman–Crippen MR) is 299 cm³/mol. The van der Waals surface area contributed by atoms with Gasteiger partial charge in [-0.15, -0.1) is 122 Å². The van der Waals surface area contributed by atoms with Crippen molar-refractivity contribution in [3.63, 3.8) is 0 Å². The van der Waals surface area contributed by atoms with Crippen LogP contribution in [-0.2, 0) is 0 Å². The van der Waals surface area contributed by atoms with E-state index in [-0.39, 0.29) is 22.3 Å². The molecular formula is C25H57Cl11N18Si9. The summed E-state index contributed by atoms with van der Waals surface area (Å²) in [6.07, 6.45) is 10.3. The molecule has 360 valence electrons. The quantitative estimate of drug-likeness (QED) is 0.0816. The van der Waals surface area contributed by atoms with Crippen LogP contribution in [0.2, 0.25) is 24.7 Å². The van der Waals surface area contributed by atoms with Crippen molar-refractivity contribution in [3.8, 4) is 17.1 Å². The Kier molecular flexibility index (Phi) is 32.0. The lowest BCUT2D eigenvalue weighted by Gasteiger charge is -2.57. The minimum atomic E-state index is -3.34. The molecule has 3 aliphatic heterocycles. The van der Waals surface area contributed by atoms with Gasteiger partial charge in [-0.25, -0.2) is 15.8 Å². The fourth-order valence-corrected chi connectivity index (χ4v) is 77.2. The summed E-state index contributed by atoms with van der Waals surface area (Å²) in [7, 11) is -16.6. The van der Waals surface area contributed by atoms with Crippen molar-refractivity contribution in [2.24, 2.45) is 30.0 Å². The molecule has 0 amide bonds. The van der Waals surface area contributed by atoms with Crippen LogP contribution in [0.1, 0.15) is 22.3 Å². The Morgan fingerprint density at radius 3 is 0.841 bits per heavy atom. The zero-order chi connectivity index (χ0) is 46.3. The number of hydrogen-bond acceptors (Lipinski definition) is 18. The molecule has 3 heterocycles. The van der Waals surface area contributed by atoms with Crippen LogP contribution < -0.4 is 27.9 Å². The molecule has 0 radical (unpaired) electrons. The molecule has 0 bridgehead atoms. The molecule has 2 atom stereocenters. The van der Waals surface area contributed by atoms with Crippen molar-refractivity contribution in [2.45, 2.75) is 47.0 Å². The Morgan fingerprint density at radius 2 is 0.651 bits per heavy atom. The van der Waals surface area contributed by atoms with Crippen LogP contribution in [0.4, 0.5) is 0 Å². The molecule has 0 spiro atoms. The summed E-state index contributed by atoms with van der Waals surface area (Å²) in [4.78, 5) is 23.9. The molecule has 0 aromatic rings. The Morgan fingerprint density at radius 1 is 0.413 bits per heavy atom. The third kappa shape index (κ3) is 19.9. The van der Waals surface area contributed by atoms with Crippen LogP contribution in [-0.4, -0.2) is 180 Å². The van der Waals surface area contributed by atoms with Gasteiger partial charge in [-0.1, -0.05) is 22.3 Å². The molecule has 3 saturated heterocycles. The van der Waals surface area contributed by atoms with E-state index in [9.17, 15) is 0 Å². The van der Waals surface area contributed by atoms with Gasteiger partial charge in [0.2, 0.25) is 0 Å². The van der Waals surface area contributed by atoms with E-state index in [1.807, 2.05) is 17.1 Å². The molecular weight excluding hydrogens is 1200 g/mol. The van der Waals surface area contributed by atoms with Gasteiger partial charge < -0.3 is 38.2 Å². The fraction of sp³-hybridized carbons (Fsp3) is 0.640. The van der Waals surface area contributed by atoms with Gasteiger partial charge in [0.1, 0.15) is 0 Å². The van der Waals surface area contributed by atoms with Crippen LogP contribution >= 0.6 is 122 Å². The first-order chi connectivity index (χ1) is 27.7. The summed E-state index contributed by atoms with van der Waals surface area (Å²) >= 11 is 72.8. The summed E-state index contributed by atoms with van der Waals surface area (Å²) in [6, 6.07) is 1.84. The maximum atomic E-state index is 8.97. The van der Waals surface area contributed by atoms with Gasteiger partial charge >= 0.3 is 44.9 Å². The Balaban J connectivity index is -0.000000857. The van der Waals surface area contributed by atoms with E-state index in [1.54, 1.807) is 98.8 Å². The lowest BCUT2D eigenvalue weighted by molar-refractivity contribution is 0.517. The van der Waals surface area contributed by atoms with Crippen LogP contribution in [0, 0.1) is 32.9 Å². The number of aliphatic imine (C=N–C) groups is 6. The van der Waals surface area contributed by atoms with E-state index >= 15 is 0 Å². The highest BCUT2D eigenvalue weighted by Crippen LogP contribution is 2.47. The van der Waals surface area contributed by atoms with E-state index < -0.39 is 68.0 Å². The van der Waals surface area contributed by atoms with Gasteiger partial charge in [0.25, 0.3) is 23.1 Å². The summed E-state index contributed by atoms with van der Waals surface area (Å²) in [5.74, 6) is 0. The molecule has 6 N–H and O–H groups in total. The molecule has 0 aromatic carbocycles. The second-order valence-corrected chi connectivity index (χ2v) is 58.2. The first-order valence-electron chi connectivity index (χ1n) is 17.0. The molecule has 63 heavy (non-hydrogen) atoms. The summed E-state index contributed by atoms with van der Waals surface area (Å²) in [5, 5.41) is 26.8. The number of nitrogens with zero attached hydrogens (tertiary/aromatic N) is 12. The monoisotopic (exact) mass is 1250 g/mol. The topological polar surface area (TPSA) is 227 Å². The van der Waals surface area contributed by atoms with Gasteiger partial charge in [-0.2, -0.15) is 0 Å². The SMILES string of the molecule is C.C.C.CN=CCN1[Si](Cl)(Cl)N(CC=NC)[Si](Cl)(Cl)N(CC=NC)[Si]1(Cl)Cl.CN=CC[Si]1(Cl)N[Si](Cl)(CC=NC)N[Si](Cl)(CC=NC)N1.C[Si]1(C#N)N[Si](Cl)(C#N)N[Si](Cl)(C#N)N1. The number of halogens is 11. The number of nitriles is 3. The zero-order valence-electron chi connectivity index (χ0n) is 33.2. The number of hydrogen-bond donors (Lipinski definition) is 6. The van der Waals surface area contributed by atoms with Crippen molar-refractivity contribution >= 4 is 227 Å². The maximum absolute atomic E-state index is 8.97. The van der Waals surface area contributed by atoms with E-state index in [2.05, 4.69) is 57.8 Å².